The van der Waals surface area contributed by atoms with Gasteiger partial charge in [0.25, 0.3) is 0 Å². The van der Waals surface area contributed by atoms with E-state index in [0.29, 0.717) is 12.6 Å². The molecule has 2 rings (SSSR count). The van der Waals surface area contributed by atoms with Crippen molar-refractivity contribution < 1.29 is 13.2 Å². The second-order valence-corrected chi connectivity index (χ2v) is 5.71. The topological polar surface area (TPSA) is 15.3 Å². The van der Waals surface area contributed by atoms with Crippen molar-refractivity contribution in [1.29, 1.82) is 0 Å². The van der Waals surface area contributed by atoms with Crippen LogP contribution in [0.4, 0.5) is 13.2 Å². The second kappa shape index (κ2) is 7.27. The predicted octanol–water partition coefficient (Wildman–Crippen LogP) is 3.67. The lowest BCUT2D eigenvalue weighted by molar-refractivity contribution is -0.137. The summed E-state index contributed by atoms with van der Waals surface area (Å²) in [5.41, 5.74) is 0.199. The molecule has 118 valence electrons. The molecule has 1 aliphatic rings. The number of rotatable bonds is 5. The number of hydrogen-bond acceptors (Lipinski definition) is 2. The minimum Gasteiger partial charge on any atom is -0.320 e. The lowest BCUT2D eigenvalue weighted by atomic mass is 9.98. The van der Waals surface area contributed by atoms with Crippen molar-refractivity contribution in [2.45, 2.75) is 44.4 Å². The zero-order valence-corrected chi connectivity index (χ0v) is 12.4. The normalized spacial score (nSPS) is 20.7. The van der Waals surface area contributed by atoms with Gasteiger partial charge in [0.1, 0.15) is 0 Å². The lowest BCUT2D eigenvalue weighted by Crippen LogP contribution is -2.40. The molecule has 1 saturated heterocycles. The molecule has 0 radical (unpaired) electrons. The van der Waals surface area contributed by atoms with E-state index in [0.717, 1.165) is 44.0 Å². The van der Waals surface area contributed by atoms with Crippen molar-refractivity contribution in [3.05, 3.63) is 35.4 Å². The van der Waals surface area contributed by atoms with Crippen molar-refractivity contribution in [2.24, 2.45) is 0 Å². The Morgan fingerprint density at radius 3 is 2.81 bits per heavy atom. The second-order valence-electron chi connectivity index (χ2n) is 5.71. The molecule has 0 amide bonds. The highest BCUT2D eigenvalue weighted by molar-refractivity contribution is 5.25. The Hall–Kier alpha value is -1.07. The summed E-state index contributed by atoms with van der Waals surface area (Å²) in [4.78, 5) is 2.33. The molecular weight excluding hydrogens is 277 g/mol. The van der Waals surface area contributed by atoms with E-state index >= 15 is 0 Å². The first kappa shape index (κ1) is 16.3. The highest BCUT2D eigenvalue weighted by Crippen LogP contribution is 2.30. The Morgan fingerprint density at radius 2 is 2.10 bits per heavy atom. The number of nitrogens with one attached hydrogen (secondary N) is 1. The van der Waals surface area contributed by atoms with E-state index in [1.807, 2.05) is 7.05 Å². The summed E-state index contributed by atoms with van der Waals surface area (Å²) in [7, 11) is 1.93. The van der Waals surface area contributed by atoms with E-state index < -0.39 is 11.7 Å². The maximum atomic E-state index is 12.8. The van der Waals surface area contributed by atoms with Gasteiger partial charge in [0, 0.05) is 12.6 Å². The smallest absolute Gasteiger partial charge is 0.320 e. The fraction of sp³-hybridized carbons (Fsp3) is 0.625. The van der Waals surface area contributed by atoms with Crippen LogP contribution in [0.15, 0.2) is 24.3 Å². The Labute approximate surface area is 124 Å². The van der Waals surface area contributed by atoms with Crippen LogP contribution < -0.4 is 5.32 Å². The molecule has 5 heteroatoms. The zero-order valence-electron chi connectivity index (χ0n) is 12.4. The largest absolute Gasteiger partial charge is 0.416 e. The Balaban J connectivity index is 2.05. The van der Waals surface area contributed by atoms with Crippen LogP contribution in [0.3, 0.4) is 0 Å². The van der Waals surface area contributed by atoms with E-state index in [-0.39, 0.29) is 0 Å². The van der Waals surface area contributed by atoms with Crippen LogP contribution in [0.25, 0.3) is 0 Å². The van der Waals surface area contributed by atoms with Crippen LogP contribution in [-0.4, -0.2) is 31.1 Å². The maximum absolute atomic E-state index is 12.8. The van der Waals surface area contributed by atoms with Crippen molar-refractivity contribution in [2.75, 3.05) is 20.1 Å². The molecule has 0 saturated carbocycles. The molecule has 1 aromatic rings. The van der Waals surface area contributed by atoms with Gasteiger partial charge in [-0.15, -0.1) is 0 Å². The minimum atomic E-state index is -4.26. The summed E-state index contributed by atoms with van der Waals surface area (Å²) in [6.45, 7) is 2.53. The summed E-state index contributed by atoms with van der Waals surface area (Å²) in [5.74, 6) is 0. The van der Waals surface area contributed by atoms with Crippen molar-refractivity contribution in [3.8, 4) is 0 Å². The first-order chi connectivity index (χ1) is 10.0. The number of likely N-dealkylation sites (tertiary alicyclic amines) is 1. The summed E-state index contributed by atoms with van der Waals surface area (Å²) in [6.07, 6.45) is 0.280. The summed E-state index contributed by atoms with van der Waals surface area (Å²) in [6, 6.07) is 6.19. The lowest BCUT2D eigenvalue weighted by Gasteiger charge is -2.36. The van der Waals surface area contributed by atoms with E-state index in [9.17, 15) is 13.2 Å². The number of piperidine rings is 1. The Kier molecular flexibility index (Phi) is 5.65. The highest BCUT2D eigenvalue weighted by Gasteiger charge is 2.30. The molecule has 0 aromatic heterocycles. The number of halogens is 3. The molecule has 1 N–H and O–H groups in total. The third-order valence-corrected chi connectivity index (χ3v) is 4.12. The number of hydrogen-bond donors (Lipinski definition) is 1. The van der Waals surface area contributed by atoms with Crippen molar-refractivity contribution in [1.82, 2.24) is 10.2 Å². The van der Waals surface area contributed by atoms with E-state index in [1.54, 1.807) is 6.07 Å². The SMILES string of the molecule is CNCCC1CCCCN1Cc1cccc(C(F)(F)F)c1. The zero-order chi connectivity index (χ0) is 15.3. The molecule has 1 fully saturated rings. The van der Waals surface area contributed by atoms with E-state index in [1.165, 1.54) is 18.6 Å². The summed E-state index contributed by atoms with van der Waals surface area (Å²) < 4.78 is 38.3. The van der Waals surface area contributed by atoms with Gasteiger partial charge in [0.15, 0.2) is 0 Å². The van der Waals surface area contributed by atoms with Crippen LogP contribution in [-0.2, 0) is 12.7 Å². The van der Waals surface area contributed by atoms with E-state index in [4.69, 9.17) is 0 Å². The molecule has 0 aliphatic carbocycles. The molecule has 1 heterocycles. The molecule has 2 nitrogen and oxygen atoms in total. The molecule has 0 spiro atoms. The molecule has 1 unspecified atom stereocenters. The van der Waals surface area contributed by atoms with Gasteiger partial charge in [-0.05, 0) is 51.0 Å². The Morgan fingerprint density at radius 1 is 1.29 bits per heavy atom. The van der Waals surface area contributed by atoms with Crippen LogP contribution in [0.5, 0.6) is 0 Å². The molecule has 1 aliphatic heterocycles. The third kappa shape index (κ3) is 4.71. The van der Waals surface area contributed by atoms with E-state index in [2.05, 4.69) is 10.2 Å². The van der Waals surface area contributed by atoms with Gasteiger partial charge in [-0.3, -0.25) is 4.90 Å². The van der Waals surface area contributed by atoms with Gasteiger partial charge in [0.2, 0.25) is 0 Å². The first-order valence-corrected chi connectivity index (χ1v) is 7.55. The third-order valence-electron chi connectivity index (χ3n) is 4.12. The fourth-order valence-corrected chi connectivity index (χ4v) is 2.99. The molecular formula is C16H23F3N2. The average molecular weight is 300 g/mol. The minimum absolute atomic E-state index is 0.473. The van der Waals surface area contributed by atoms with Crippen LogP contribution in [0.1, 0.15) is 36.8 Å². The number of nitrogens with zero attached hydrogens (tertiary/aromatic N) is 1. The van der Waals surface area contributed by atoms with Crippen LogP contribution in [0.2, 0.25) is 0 Å². The van der Waals surface area contributed by atoms with Gasteiger partial charge in [-0.25, -0.2) is 0 Å². The maximum Gasteiger partial charge on any atom is 0.416 e. The van der Waals surface area contributed by atoms with Crippen LogP contribution in [0, 0.1) is 0 Å². The number of alkyl halides is 3. The Bertz CT molecular complexity index is 445. The van der Waals surface area contributed by atoms with Crippen molar-refractivity contribution in [3.63, 3.8) is 0 Å². The first-order valence-electron chi connectivity index (χ1n) is 7.55. The molecule has 0 bridgehead atoms. The van der Waals surface area contributed by atoms with Gasteiger partial charge in [0.05, 0.1) is 5.56 Å². The van der Waals surface area contributed by atoms with Crippen molar-refractivity contribution >= 4 is 0 Å². The quantitative estimate of drug-likeness (QED) is 0.892. The van der Waals surface area contributed by atoms with Crippen LogP contribution >= 0.6 is 0 Å². The summed E-state index contributed by atoms with van der Waals surface area (Å²) in [5, 5.41) is 3.15. The predicted molar refractivity (Wildman–Crippen MR) is 78.0 cm³/mol. The van der Waals surface area contributed by atoms with Gasteiger partial charge in [-0.2, -0.15) is 13.2 Å². The number of benzene rings is 1. The highest BCUT2D eigenvalue weighted by atomic mass is 19.4. The standard InChI is InChI=1S/C16H23F3N2/c1-20-9-8-15-7-2-3-10-21(15)12-13-5-4-6-14(11-13)16(17,18)19/h4-6,11,15,20H,2-3,7-10,12H2,1H3. The monoisotopic (exact) mass is 300 g/mol. The molecule has 1 atom stereocenters. The summed E-state index contributed by atoms with van der Waals surface area (Å²) >= 11 is 0. The average Bonchev–Trinajstić information content (AvgIpc) is 2.46. The van der Waals surface area contributed by atoms with Gasteiger partial charge >= 0.3 is 6.18 Å². The van der Waals surface area contributed by atoms with Gasteiger partial charge in [-0.1, -0.05) is 24.6 Å². The molecule has 1 aromatic carbocycles. The fourth-order valence-electron chi connectivity index (χ4n) is 2.99. The molecule has 21 heavy (non-hydrogen) atoms. The van der Waals surface area contributed by atoms with Gasteiger partial charge < -0.3 is 5.32 Å².